The number of nitrogens with one attached hydrogen (secondary N) is 2. The van der Waals surface area contributed by atoms with E-state index < -0.39 is 0 Å². The van der Waals surface area contributed by atoms with Crippen LogP contribution in [-0.4, -0.2) is 63.0 Å². The molecule has 0 spiro atoms. The maximum absolute atomic E-state index is 12.8. The maximum atomic E-state index is 12.8. The highest BCUT2D eigenvalue weighted by molar-refractivity contribution is 6.33. The molecule has 202 valence electrons. The first kappa shape index (κ1) is 26.3. The summed E-state index contributed by atoms with van der Waals surface area (Å²) in [6.07, 6.45) is 0. The Hall–Kier alpha value is -4.28. The Labute approximate surface area is 229 Å². The molecular formula is C28H27ClN4O6. The molecule has 5 rings (SSSR count). The molecule has 1 saturated heterocycles. The summed E-state index contributed by atoms with van der Waals surface area (Å²) < 4.78 is 21.6. The lowest BCUT2D eigenvalue weighted by atomic mass is 10.1. The Balaban J connectivity index is 1.23. The molecule has 0 aliphatic carbocycles. The molecule has 2 N–H and O–H groups in total. The molecule has 0 saturated carbocycles. The lowest BCUT2D eigenvalue weighted by Crippen LogP contribution is -2.36. The number of benzene rings is 3. The number of carbonyl (C=O) groups excluding carboxylic acids is 1. The average Bonchev–Trinajstić information content (AvgIpc) is 2.96. The van der Waals surface area contributed by atoms with Gasteiger partial charge in [-0.05, 0) is 42.5 Å². The zero-order chi connectivity index (χ0) is 27.4. The van der Waals surface area contributed by atoms with E-state index in [1.165, 1.54) is 14.2 Å². The maximum Gasteiger partial charge on any atom is 0.262 e. The van der Waals surface area contributed by atoms with Crippen molar-refractivity contribution in [3.63, 3.8) is 0 Å². The van der Waals surface area contributed by atoms with Gasteiger partial charge in [0, 0.05) is 36.5 Å². The highest BCUT2D eigenvalue weighted by Gasteiger charge is 2.16. The molecule has 2 heterocycles. The number of fused-ring (bicyclic) bond motifs is 1. The lowest BCUT2D eigenvalue weighted by Gasteiger charge is -2.29. The first-order valence-electron chi connectivity index (χ1n) is 12.3. The Morgan fingerprint density at radius 2 is 1.82 bits per heavy atom. The minimum absolute atomic E-state index is 0.188. The summed E-state index contributed by atoms with van der Waals surface area (Å²) in [6.45, 7) is 2.68. The Bertz CT molecular complexity index is 1550. The number of rotatable bonds is 8. The largest absolute Gasteiger partial charge is 0.497 e. The fourth-order valence-corrected chi connectivity index (χ4v) is 4.63. The molecule has 1 amide bonds. The van der Waals surface area contributed by atoms with Crippen LogP contribution in [0.15, 0.2) is 59.4 Å². The number of H-pyrrole nitrogens is 1. The number of halogens is 1. The van der Waals surface area contributed by atoms with Crippen molar-refractivity contribution in [3.8, 4) is 28.6 Å². The first-order chi connectivity index (χ1) is 18.9. The lowest BCUT2D eigenvalue weighted by molar-refractivity contribution is -0.118. The predicted octanol–water partition coefficient (Wildman–Crippen LogP) is 4.11. The summed E-state index contributed by atoms with van der Waals surface area (Å²) in [5.41, 5.74) is 2.28. The number of carbonyl (C=O) groups is 1. The molecule has 0 radical (unpaired) electrons. The number of methoxy groups -OCH3 is 2. The number of hydrogen-bond donors (Lipinski definition) is 2. The smallest absolute Gasteiger partial charge is 0.262 e. The summed E-state index contributed by atoms with van der Waals surface area (Å²) >= 11 is 6.45. The molecule has 1 fully saturated rings. The van der Waals surface area contributed by atoms with Gasteiger partial charge in [-0.2, -0.15) is 0 Å². The van der Waals surface area contributed by atoms with E-state index in [-0.39, 0.29) is 18.1 Å². The number of ether oxygens (including phenoxy) is 4. The van der Waals surface area contributed by atoms with Crippen molar-refractivity contribution in [2.75, 3.05) is 57.3 Å². The second-order valence-electron chi connectivity index (χ2n) is 8.77. The molecule has 1 aliphatic rings. The Morgan fingerprint density at radius 1 is 1.05 bits per heavy atom. The van der Waals surface area contributed by atoms with Gasteiger partial charge in [0.05, 0.1) is 43.7 Å². The van der Waals surface area contributed by atoms with E-state index in [0.717, 1.165) is 18.8 Å². The van der Waals surface area contributed by atoms with Gasteiger partial charge in [0.2, 0.25) is 0 Å². The van der Waals surface area contributed by atoms with Crippen LogP contribution < -0.4 is 30.0 Å². The predicted molar refractivity (Wildman–Crippen MR) is 150 cm³/mol. The zero-order valence-electron chi connectivity index (χ0n) is 21.5. The normalized spacial score (nSPS) is 13.3. The van der Waals surface area contributed by atoms with Gasteiger partial charge in [-0.25, -0.2) is 4.98 Å². The number of aromatic amines is 1. The van der Waals surface area contributed by atoms with Crippen LogP contribution in [0.1, 0.15) is 0 Å². The highest BCUT2D eigenvalue weighted by atomic mass is 35.5. The van der Waals surface area contributed by atoms with Crippen LogP contribution in [0.3, 0.4) is 0 Å². The van der Waals surface area contributed by atoms with Gasteiger partial charge < -0.3 is 34.1 Å². The number of amides is 1. The number of anilines is 2. The van der Waals surface area contributed by atoms with Crippen LogP contribution in [0.2, 0.25) is 5.02 Å². The molecular weight excluding hydrogens is 524 g/mol. The fourth-order valence-electron chi connectivity index (χ4n) is 4.33. The molecule has 3 aromatic carbocycles. The van der Waals surface area contributed by atoms with Gasteiger partial charge in [0.1, 0.15) is 28.5 Å². The van der Waals surface area contributed by atoms with Gasteiger partial charge in [-0.1, -0.05) is 11.6 Å². The standard InChI is InChI=1S/C28H27ClN4O6/c1-36-20-14-22-26(24(15-20)37-2)28(35)32-27(31-22)17-3-6-19(7-4-17)39-16-25(34)30-18-5-8-23(21(29)13-18)33-9-11-38-12-10-33/h3-8,13-15H,9-12,16H2,1-2H3,(H,30,34)(H,31,32,35). The second kappa shape index (κ2) is 11.6. The third-order valence-electron chi connectivity index (χ3n) is 6.28. The average molecular weight is 551 g/mol. The SMILES string of the molecule is COc1cc(OC)c2c(=O)[nH]c(-c3ccc(OCC(=O)Nc4ccc(N5CCOCC5)c(Cl)c4)cc3)nc2c1. The van der Waals surface area contributed by atoms with Crippen LogP contribution in [0.5, 0.6) is 17.2 Å². The monoisotopic (exact) mass is 550 g/mol. The molecule has 0 atom stereocenters. The van der Waals surface area contributed by atoms with E-state index in [2.05, 4.69) is 20.2 Å². The van der Waals surface area contributed by atoms with E-state index in [0.29, 0.717) is 63.5 Å². The summed E-state index contributed by atoms with van der Waals surface area (Å²) in [5.74, 6) is 1.45. The highest BCUT2D eigenvalue weighted by Crippen LogP contribution is 2.30. The summed E-state index contributed by atoms with van der Waals surface area (Å²) in [6, 6.07) is 15.6. The van der Waals surface area contributed by atoms with Gasteiger partial charge >= 0.3 is 0 Å². The van der Waals surface area contributed by atoms with Crippen molar-refractivity contribution < 1.29 is 23.7 Å². The zero-order valence-corrected chi connectivity index (χ0v) is 22.2. The van der Waals surface area contributed by atoms with Crippen molar-refractivity contribution in [3.05, 3.63) is 70.0 Å². The topological polar surface area (TPSA) is 115 Å². The van der Waals surface area contributed by atoms with Crippen LogP contribution in [0.4, 0.5) is 11.4 Å². The number of morpholine rings is 1. The van der Waals surface area contributed by atoms with E-state index in [1.807, 2.05) is 12.1 Å². The number of hydrogen-bond acceptors (Lipinski definition) is 8. The minimum atomic E-state index is -0.329. The molecule has 10 nitrogen and oxygen atoms in total. The summed E-state index contributed by atoms with van der Waals surface area (Å²) in [7, 11) is 3.02. The summed E-state index contributed by atoms with van der Waals surface area (Å²) in [4.78, 5) is 34.8. The third kappa shape index (κ3) is 5.92. The van der Waals surface area contributed by atoms with Crippen LogP contribution >= 0.6 is 11.6 Å². The molecule has 1 aromatic heterocycles. The van der Waals surface area contributed by atoms with E-state index in [4.69, 9.17) is 30.5 Å². The van der Waals surface area contributed by atoms with E-state index in [1.54, 1.807) is 42.5 Å². The van der Waals surface area contributed by atoms with Crippen LogP contribution in [0, 0.1) is 0 Å². The number of aromatic nitrogens is 2. The number of nitrogens with zero attached hydrogens (tertiary/aromatic N) is 2. The fraction of sp³-hybridized carbons (Fsp3) is 0.250. The van der Waals surface area contributed by atoms with Gasteiger partial charge in [0.25, 0.3) is 11.5 Å². The van der Waals surface area contributed by atoms with Crippen LogP contribution in [0.25, 0.3) is 22.3 Å². The van der Waals surface area contributed by atoms with E-state index in [9.17, 15) is 9.59 Å². The second-order valence-corrected chi connectivity index (χ2v) is 9.17. The van der Waals surface area contributed by atoms with Crippen LogP contribution in [-0.2, 0) is 9.53 Å². The van der Waals surface area contributed by atoms with Crippen molar-refractivity contribution >= 4 is 39.8 Å². The van der Waals surface area contributed by atoms with Gasteiger partial charge in [0.15, 0.2) is 6.61 Å². The van der Waals surface area contributed by atoms with Crippen molar-refractivity contribution in [1.82, 2.24) is 9.97 Å². The third-order valence-corrected chi connectivity index (χ3v) is 6.59. The van der Waals surface area contributed by atoms with Crippen molar-refractivity contribution in [2.45, 2.75) is 0 Å². The Kier molecular flexibility index (Phi) is 7.85. The Morgan fingerprint density at radius 3 is 2.51 bits per heavy atom. The molecule has 11 heteroatoms. The van der Waals surface area contributed by atoms with Crippen molar-refractivity contribution in [1.29, 1.82) is 0 Å². The first-order valence-corrected chi connectivity index (χ1v) is 12.6. The molecule has 0 unspecified atom stereocenters. The van der Waals surface area contributed by atoms with E-state index >= 15 is 0 Å². The van der Waals surface area contributed by atoms with Crippen molar-refractivity contribution in [2.24, 2.45) is 0 Å². The molecule has 39 heavy (non-hydrogen) atoms. The minimum Gasteiger partial charge on any atom is -0.497 e. The van der Waals surface area contributed by atoms with Gasteiger partial charge in [-0.15, -0.1) is 0 Å². The van der Waals surface area contributed by atoms with Gasteiger partial charge in [-0.3, -0.25) is 9.59 Å². The molecule has 1 aliphatic heterocycles. The molecule has 0 bridgehead atoms. The summed E-state index contributed by atoms with van der Waals surface area (Å²) in [5, 5.41) is 3.70. The molecule has 4 aromatic rings. The quantitative estimate of drug-likeness (QED) is 0.337.